The number of amides is 1. The van der Waals surface area contributed by atoms with Gasteiger partial charge in [0.1, 0.15) is 11.6 Å². The zero-order chi connectivity index (χ0) is 24.5. The van der Waals surface area contributed by atoms with Crippen LogP contribution >= 0.6 is 0 Å². The zero-order valence-electron chi connectivity index (χ0n) is 18.4. The van der Waals surface area contributed by atoms with E-state index in [9.17, 15) is 19.6 Å². The van der Waals surface area contributed by atoms with Gasteiger partial charge in [0.15, 0.2) is 11.5 Å². The van der Waals surface area contributed by atoms with Gasteiger partial charge in [0.2, 0.25) is 0 Å². The van der Waals surface area contributed by atoms with Crippen LogP contribution in [-0.4, -0.2) is 32.1 Å². The number of methoxy groups -OCH3 is 2. The third kappa shape index (κ3) is 5.66. The zero-order valence-corrected chi connectivity index (χ0v) is 18.4. The molecule has 0 radical (unpaired) electrons. The lowest BCUT2D eigenvalue weighted by Crippen LogP contribution is -2.16. The molecule has 8 heteroatoms. The van der Waals surface area contributed by atoms with Gasteiger partial charge in [-0.15, -0.1) is 0 Å². The van der Waals surface area contributed by atoms with E-state index < -0.39 is 17.8 Å². The first-order chi connectivity index (χ1) is 16.5. The lowest BCUT2D eigenvalue weighted by atomic mass is 10.1. The van der Waals surface area contributed by atoms with Gasteiger partial charge in [0.25, 0.3) is 5.91 Å². The number of rotatable bonds is 7. The first-order valence-electron chi connectivity index (χ1n) is 10.0. The highest BCUT2D eigenvalue weighted by Crippen LogP contribution is 2.30. The maximum Gasteiger partial charge on any atom is 0.343 e. The molecule has 3 aromatic carbocycles. The van der Waals surface area contributed by atoms with Gasteiger partial charge >= 0.3 is 11.9 Å². The number of benzene rings is 3. The summed E-state index contributed by atoms with van der Waals surface area (Å²) >= 11 is 0. The Morgan fingerprint density at radius 3 is 2.26 bits per heavy atom. The van der Waals surface area contributed by atoms with Gasteiger partial charge in [-0.05, 0) is 48.0 Å². The molecule has 8 nitrogen and oxygen atoms in total. The SMILES string of the molecule is COC(=O)c1ccccc1NC(=O)/C(C#N)=C/c1ccc(OC(=O)c2ccccc2)c(OC)c1. The minimum absolute atomic E-state index is 0.155. The van der Waals surface area contributed by atoms with Crippen LogP contribution in [-0.2, 0) is 9.53 Å². The topological polar surface area (TPSA) is 115 Å². The van der Waals surface area contributed by atoms with Gasteiger partial charge in [-0.2, -0.15) is 5.26 Å². The van der Waals surface area contributed by atoms with Gasteiger partial charge in [-0.3, -0.25) is 4.79 Å². The van der Waals surface area contributed by atoms with Crippen LogP contribution < -0.4 is 14.8 Å². The summed E-state index contributed by atoms with van der Waals surface area (Å²) in [5.41, 5.74) is 0.993. The maximum absolute atomic E-state index is 12.7. The summed E-state index contributed by atoms with van der Waals surface area (Å²) < 4.78 is 15.4. The van der Waals surface area contributed by atoms with Crippen molar-refractivity contribution in [2.45, 2.75) is 0 Å². The van der Waals surface area contributed by atoms with Crippen molar-refractivity contribution in [3.05, 3.63) is 95.1 Å². The molecule has 34 heavy (non-hydrogen) atoms. The van der Waals surface area contributed by atoms with Gasteiger partial charge < -0.3 is 19.5 Å². The molecule has 1 amide bonds. The fraction of sp³-hybridized carbons (Fsp3) is 0.0769. The van der Waals surface area contributed by atoms with Crippen molar-refractivity contribution in [2.24, 2.45) is 0 Å². The predicted molar refractivity (Wildman–Crippen MR) is 124 cm³/mol. The molecule has 0 unspecified atom stereocenters. The number of nitrogens with one attached hydrogen (secondary N) is 1. The molecule has 0 aliphatic carbocycles. The number of ether oxygens (including phenoxy) is 3. The van der Waals surface area contributed by atoms with E-state index >= 15 is 0 Å². The van der Waals surface area contributed by atoms with Crippen molar-refractivity contribution in [1.29, 1.82) is 5.26 Å². The molecule has 170 valence electrons. The Labute approximate surface area is 196 Å². The number of esters is 2. The highest BCUT2D eigenvalue weighted by Gasteiger charge is 2.17. The van der Waals surface area contributed by atoms with Crippen LogP contribution in [0.25, 0.3) is 6.08 Å². The normalized spacial score (nSPS) is 10.6. The molecule has 1 N–H and O–H groups in total. The fourth-order valence-electron chi connectivity index (χ4n) is 2.98. The van der Waals surface area contributed by atoms with E-state index in [2.05, 4.69) is 5.32 Å². The first-order valence-corrected chi connectivity index (χ1v) is 10.0. The van der Waals surface area contributed by atoms with Crippen LogP contribution in [0.1, 0.15) is 26.3 Å². The summed E-state index contributed by atoms with van der Waals surface area (Å²) in [5.74, 6) is -1.46. The van der Waals surface area contributed by atoms with E-state index in [0.29, 0.717) is 11.1 Å². The molecule has 3 aromatic rings. The number of hydrogen-bond acceptors (Lipinski definition) is 7. The third-order valence-electron chi connectivity index (χ3n) is 4.66. The van der Waals surface area contributed by atoms with Crippen molar-refractivity contribution in [3.8, 4) is 17.6 Å². The van der Waals surface area contributed by atoms with E-state index in [0.717, 1.165) is 0 Å². The van der Waals surface area contributed by atoms with Crippen molar-refractivity contribution in [3.63, 3.8) is 0 Å². The minimum Gasteiger partial charge on any atom is -0.493 e. The first kappa shape index (κ1) is 23.8. The van der Waals surface area contributed by atoms with Gasteiger partial charge in [-0.1, -0.05) is 36.4 Å². The number of hydrogen-bond donors (Lipinski definition) is 1. The van der Waals surface area contributed by atoms with Crippen molar-refractivity contribution >= 4 is 29.6 Å². The van der Waals surface area contributed by atoms with Crippen LogP contribution in [0, 0.1) is 11.3 Å². The molecule has 0 aliphatic rings. The average Bonchev–Trinajstić information content (AvgIpc) is 2.88. The van der Waals surface area contributed by atoms with E-state index in [1.165, 1.54) is 44.6 Å². The molecule has 3 rings (SSSR count). The van der Waals surface area contributed by atoms with Crippen LogP contribution in [0.5, 0.6) is 11.5 Å². The molecule has 0 aromatic heterocycles. The second kappa shape index (κ2) is 11.1. The largest absolute Gasteiger partial charge is 0.493 e. The van der Waals surface area contributed by atoms with Gasteiger partial charge in [-0.25, -0.2) is 9.59 Å². The summed E-state index contributed by atoms with van der Waals surface area (Å²) in [6.07, 6.45) is 1.35. The number of para-hydroxylation sites is 1. The van der Waals surface area contributed by atoms with E-state index in [1.807, 2.05) is 6.07 Å². The molecule has 0 spiro atoms. The number of carbonyl (C=O) groups is 3. The lowest BCUT2D eigenvalue weighted by Gasteiger charge is -2.11. The van der Waals surface area contributed by atoms with Crippen LogP contribution in [0.3, 0.4) is 0 Å². The highest BCUT2D eigenvalue weighted by atomic mass is 16.6. The van der Waals surface area contributed by atoms with Gasteiger partial charge in [0, 0.05) is 0 Å². The van der Waals surface area contributed by atoms with E-state index in [1.54, 1.807) is 48.5 Å². The molecular formula is C26H20N2O6. The fourth-order valence-corrected chi connectivity index (χ4v) is 2.98. The third-order valence-corrected chi connectivity index (χ3v) is 4.66. The van der Waals surface area contributed by atoms with Crippen molar-refractivity contribution in [1.82, 2.24) is 0 Å². The Balaban J connectivity index is 1.82. The highest BCUT2D eigenvalue weighted by molar-refractivity contribution is 6.12. The van der Waals surface area contributed by atoms with E-state index in [-0.39, 0.29) is 28.3 Å². The maximum atomic E-state index is 12.7. The number of anilines is 1. The number of nitriles is 1. The molecular weight excluding hydrogens is 436 g/mol. The second-order valence-corrected chi connectivity index (χ2v) is 6.83. The summed E-state index contributed by atoms with van der Waals surface area (Å²) in [4.78, 5) is 36.9. The van der Waals surface area contributed by atoms with Crippen molar-refractivity contribution < 1.29 is 28.6 Å². The molecule has 0 heterocycles. The monoisotopic (exact) mass is 456 g/mol. The Kier molecular flexibility index (Phi) is 7.76. The molecule has 0 atom stereocenters. The smallest absolute Gasteiger partial charge is 0.343 e. The predicted octanol–water partition coefficient (Wildman–Crippen LogP) is 4.25. The molecule has 0 bridgehead atoms. The van der Waals surface area contributed by atoms with Crippen LogP contribution in [0.4, 0.5) is 5.69 Å². The summed E-state index contributed by atoms with van der Waals surface area (Å²) in [6, 6.07) is 21.2. The van der Waals surface area contributed by atoms with Crippen LogP contribution in [0.15, 0.2) is 78.4 Å². The number of carbonyl (C=O) groups excluding carboxylic acids is 3. The minimum atomic E-state index is -0.711. The van der Waals surface area contributed by atoms with Gasteiger partial charge in [0.05, 0.1) is 31.0 Å². The summed E-state index contributed by atoms with van der Waals surface area (Å²) in [6.45, 7) is 0. The summed E-state index contributed by atoms with van der Waals surface area (Å²) in [5, 5.41) is 12.1. The number of nitrogens with zero attached hydrogens (tertiary/aromatic N) is 1. The Hall–Kier alpha value is -4.90. The molecule has 0 fully saturated rings. The molecule has 0 saturated carbocycles. The van der Waals surface area contributed by atoms with Crippen molar-refractivity contribution in [2.75, 3.05) is 19.5 Å². The average molecular weight is 456 g/mol. The second-order valence-electron chi connectivity index (χ2n) is 6.83. The molecule has 0 aliphatic heterocycles. The van der Waals surface area contributed by atoms with E-state index in [4.69, 9.17) is 14.2 Å². The Bertz CT molecular complexity index is 1290. The Morgan fingerprint density at radius 1 is 0.882 bits per heavy atom. The lowest BCUT2D eigenvalue weighted by molar-refractivity contribution is -0.112. The standard InChI is InChI=1S/C26H20N2O6/c1-32-23-15-17(12-13-22(23)34-25(30)18-8-4-3-5-9-18)14-19(16-27)24(29)28-21-11-7-6-10-20(21)26(31)33-2/h3-15H,1-2H3,(H,28,29)/b19-14+. The Morgan fingerprint density at radius 2 is 1.59 bits per heavy atom. The van der Waals surface area contributed by atoms with Crippen LogP contribution in [0.2, 0.25) is 0 Å². The summed E-state index contributed by atoms with van der Waals surface area (Å²) in [7, 11) is 2.64. The molecule has 0 saturated heterocycles. The quantitative estimate of drug-likeness (QED) is 0.245.